The smallest absolute Gasteiger partial charge is 0.254 e. The van der Waals surface area contributed by atoms with Crippen molar-refractivity contribution in [2.24, 2.45) is 0 Å². The third-order valence-corrected chi connectivity index (χ3v) is 4.16. The van der Waals surface area contributed by atoms with E-state index in [1.54, 1.807) is 0 Å². The molecule has 0 atom stereocenters. The van der Waals surface area contributed by atoms with Crippen LogP contribution in [0.5, 0.6) is 0 Å². The molecular weight excluding hydrogens is 350 g/mol. The van der Waals surface area contributed by atoms with Crippen LogP contribution in [0.4, 0.5) is 0 Å². The third kappa shape index (κ3) is 4.80. The first-order chi connectivity index (χ1) is 12.6. The molecule has 1 N–H and O–H groups in total. The first-order valence-corrected chi connectivity index (χ1v) is 8.63. The van der Waals surface area contributed by atoms with Gasteiger partial charge in [-0.2, -0.15) is 0 Å². The predicted molar refractivity (Wildman–Crippen MR) is 102 cm³/mol. The van der Waals surface area contributed by atoms with Gasteiger partial charge in [0.1, 0.15) is 6.54 Å². The number of amides is 1. The molecule has 26 heavy (non-hydrogen) atoms. The van der Waals surface area contributed by atoms with Crippen molar-refractivity contribution in [3.8, 4) is 11.3 Å². The largest absolute Gasteiger partial charge is 0.354 e. The van der Waals surface area contributed by atoms with E-state index < -0.39 is 0 Å². The highest BCUT2D eigenvalue weighted by Gasteiger charge is 2.07. The van der Waals surface area contributed by atoms with Gasteiger partial charge in [-0.05, 0) is 24.1 Å². The minimum atomic E-state index is -0.258. The number of benzene rings is 2. The van der Waals surface area contributed by atoms with Crippen molar-refractivity contribution in [2.45, 2.75) is 13.0 Å². The Labute approximate surface area is 156 Å². The Kier molecular flexibility index (Phi) is 5.81. The summed E-state index contributed by atoms with van der Waals surface area (Å²) >= 11 is 5.84. The highest BCUT2D eigenvalue weighted by Crippen LogP contribution is 2.13. The number of aromatic nitrogens is 2. The van der Waals surface area contributed by atoms with Crippen LogP contribution in [0.1, 0.15) is 5.56 Å². The number of halogens is 1. The van der Waals surface area contributed by atoms with Crippen molar-refractivity contribution in [3.63, 3.8) is 0 Å². The van der Waals surface area contributed by atoms with E-state index in [4.69, 9.17) is 11.6 Å². The Morgan fingerprint density at radius 2 is 1.81 bits per heavy atom. The first kappa shape index (κ1) is 17.9. The van der Waals surface area contributed by atoms with Gasteiger partial charge in [-0.15, -0.1) is 0 Å². The van der Waals surface area contributed by atoms with Gasteiger partial charge in [0.25, 0.3) is 5.56 Å². The summed E-state index contributed by atoms with van der Waals surface area (Å²) in [7, 11) is 0. The molecule has 3 aromatic rings. The summed E-state index contributed by atoms with van der Waals surface area (Å²) in [6, 6.07) is 18.4. The second-order valence-corrected chi connectivity index (χ2v) is 6.27. The normalized spacial score (nSPS) is 10.5. The maximum Gasteiger partial charge on any atom is 0.254 e. The van der Waals surface area contributed by atoms with Gasteiger partial charge in [-0.1, -0.05) is 54.1 Å². The number of nitrogens with one attached hydrogen (secondary N) is 1. The summed E-state index contributed by atoms with van der Waals surface area (Å²) in [5.74, 6) is -0.227. The first-order valence-electron chi connectivity index (χ1n) is 8.25. The van der Waals surface area contributed by atoms with Gasteiger partial charge in [-0.3, -0.25) is 14.2 Å². The summed E-state index contributed by atoms with van der Waals surface area (Å²) in [5, 5.41) is 3.49. The molecule has 1 aromatic heterocycles. The molecule has 0 radical (unpaired) electrons. The SMILES string of the molecule is O=C(Cn1cnc(-c2ccccc2)cc1=O)NCCc1ccc(Cl)cc1. The van der Waals surface area contributed by atoms with Gasteiger partial charge in [0.05, 0.1) is 12.0 Å². The zero-order chi connectivity index (χ0) is 18.4. The van der Waals surface area contributed by atoms with Crippen LogP contribution in [0.25, 0.3) is 11.3 Å². The lowest BCUT2D eigenvalue weighted by Gasteiger charge is -2.08. The van der Waals surface area contributed by atoms with Crippen LogP contribution in [0.2, 0.25) is 5.02 Å². The predicted octanol–water partition coefficient (Wildman–Crippen LogP) is 2.92. The van der Waals surface area contributed by atoms with Crippen LogP contribution in [0.3, 0.4) is 0 Å². The van der Waals surface area contributed by atoms with E-state index >= 15 is 0 Å². The Morgan fingerprint density at radius 1 is 1.08 bits per heavy atom. The fraction of sp³-hybridized carbons (Fsp3) is 0.150. The molecule has 0 fully saturated rings. The lowest BCUT2D eigenvalue weighted by molar-refractivity contribution is -0.121. The molecule has 1 heterocycles. The average Bonchev–Trinajstić information content (AvgIpc) is 2.66. The summed E-state index contributed by atoms with van der Waals surface area (Å²) < 4.78 is 1.30. The second-order valence-electron chi connectivity index (χ2n) is 5.83. The van der Waals surface area contributed by atoms with Crippen molar-refractivity contribution >= 4 is 17.5 Å². The van der Waals surface area contributed by atoms with Crippen LogP contribution < -0.4 is 10.9 Å². The van der Waals surface area contributed by atoms with Crippen molar-refractivity contribution in [1.29, 1.82) is 0 Å². The molecule has 0 aliphatic rings. The van der Waals surface area contributed by atoms with Crippen LogP contribution >= 0.6 is 11.6 Å². The van der Waals surface area contributed by atoms with Crippen LogP contribution in [0, 0.1) is 0 Å². The number of nitrogens with zero attached hydrogens (tertiary/aromatic N) is 2. The van der Waals surface area contributed by atoms with Crippen molar-refractivity contribution < 1.29 is 4.79 Å². The molecule has 0 saturated carbocycles. The maximum atomic E-state index is 12.2. The molecule has 0 aliphatic carbocycles. The molecule has 2 aromatic carbocycles. The van der Waals surface area contributed by atoms with E-state index in [1.807, 2.05) is 54.6 Å². The van der Waals surface area contributed by atoms with Crippen LogP contribution in [0.15, 0.2) is 71.8 Å². The zero-order valence-electron chi connectivity index (χ0n) is 14.1. The number of carbonyl (C=O) groups is 1. The fourth-order valence-corrected chi connectivity index (χ4v) is 2.65. The summed E-state index contributed by atoms with van der Waals surface area (Å²) in [6.07, 6.45) is 2.10. The molecule has 0 bridgehead atoms. The molecular formula is C20H18ClN3O2. The lowest BCUT2D eigenvalue weighted by Crippen LogP contribution is -2.33. The number of carbonyl (C=O) groups excluding carboxylic acids is 1. The highest BCUT2D eigenvalue weighted by atomic mass is 35.5. The minimum Gasteiger partial charge on any atom is -0.354 e. The average molecular weight is 368 g/mol. The second kappa shape index (κ2) is 8.45. The molecule has 5 nitrogen and oxygen atoms in total. The van der Waals surface area contributed by atoms with Crippen molar-refractivity contribution in [3.05, 3.63) is 87.9 Å². The summed E-state index contributed by atoms with van der Waals surface area (Å²) in [6.45, 7) is 0.437. The maximum absolute atomic E-state index is 12.2. The van der Waals surface area contributed by atoms with E-state index in [9.17, 15) is 9.59 Å². The number of hydrogen-bond acceptors (Lipinski definition) is 3. The zero-order valence-corrected chi connectivity index (χ0v) is 14.8. The Morgan fingerprint density at radius 3 is 2.50 bits per heavy atom. The standard InChI is InChI=1S/C20H18ClN3O2/c21-17-8-6-15(7-9-17)10-11-22-19(25)13-24-14-23-18(12-20(24)26)16-4-2-1-3-5-16/h1-9,12,14H,10-11,13H2,(H,22,25). The van der Waals surface area contributed by atoms with Gasteiger partial charge in [-0.25, -0.2) is 4.98 Å². The van der Waals surface area contributed by atoms with Crippen molar-refractivity contribution in [2.75, 3.05) is 6.54 Å². The van der Waals surface area contributed by atoms with Gasteiger partial charge < -0.3 is 5.32 Å². The van der Waals surface area contributed by atoms with E-state index in [2.05, 4.69) is 10.3 Å². The van der Waals surface area contributed by atoms with Gasteiger partial charge in [0.15, 0.2) is 0 Å². The van der Waals surface area contributed by atoms with E-state index in [0.717, 1.165) is 11.1 Å². The fourth-order valence-electron chi connectivity index (χ4n) is 2.52. The van der Waals surface area contributed by atoms with Gasteiger partial charge in [0, 0.05) is 23.2 Å². The summed E-state index contributed by atoms with van der Waals surface area (Å²) in [5.41, 5.74) is 2.28. The summed E-state index contributed by atoms with van der Waals surface area (Å²) in [4.78, 5) is 28.5. The Balaban J connectivity index is 1.55. The van der Waals surface area contributed by atoms with Crippen LogP contribution in [-0.2, 0) is 17.8 Å². The molecule has 6 heteroatoms. The molecule has 0 spiro atoms. The molecule has 132 valence electrons. The topological polar surface area (TPSA) is 64.0 Å². The van der Waals surface area contributed by atoms with E-state index in [-0.39, 0.29) is 18.0 Å². The Hall–Kier alpha value is -2.92. The molecule has 0 unspecified atom stereocenters. The van der Waals surface area contributed by atoms with Gasteiger partial charge in [0.2, 0.25) is 5.91 Å². The Bertz CT molecular complexity index is 937. The van der Waals surface area contributed by atoms with E-state index in [0.29, 0.717) is 23.7 Å². The van der Waals surface area contributed by atoms with Gasteiger partial charge >= 0.3 is 0 Å². The molecule has 0 aliphatic heterocycles. The number of hydrogen-bond donors (Lipinski definition) is 1. The molecule has 1 amide bonds. The number of rotatable bonds is 6. The lowest BCUT2D eigenvalue weighted by atomic mass is 10.1. The quantitative estimate of drug-likeness (QED) is 0.728. The molecule has 3 rings (SSSR count). The highest BCUT2D eigenvalue weighted by molar-refractivity contribution is 6.30. The monoisotopic (exact) mass is 367 g/mol. The third-order valence-electron chi connectivity index (χ3n) is 3.91. The minimum absolute atomic E-state index is 0.0540. The van der Waals surface area contributed by atoms with Crippen LogP contribution in [-0.4, -0.2) is 22.0 Å². The van der Waals surface area contributed by atoms with Crippen molar-refractivity contribution in [1.82, 2.24) is 14.9 Å². The molecule has 0 saturated heterocycles. The van der Waals surface area contributed by atoms with E-state index in [1.165, 1.54) is 17.0 Å².